The summed E-state index contributed by atoms with van der Waals surface area (Å²) in [6, 6.07) is 12.2. The molecule has 2 heterocycles. The number of primary amides is 1. The smallest absolute Gasteiger partial charge is 0.242 e. The first-order valence-corrected chi connectivity index (χ1v) is 8.75. The Kier molecular flexibility index (Phi) is 5.86. The lowest BCUT2D eigenvalue weighted by atomic mass is 9.82. The van der Waals surface area contributed by atoms with E-state index in [9.17, 15) is 9.90 Å². The largest absolute Gasteiger partial charge is 0.504 e. The number of hydrogen-bond donors (Lipinski definition) is 3. The number of nitrogens with zero attached hydrogens (tertiary/aromatic N) is 2. The van der Waals surface area contributed by atoms with Crippen molar-refractivity contribution in [3.05, 3.63) is 83.9 Å². The highest BCUT2D eigenvalue weighted by atomic mass is 16.5. The quantitative estimate of drug-likeness (QED) is 0.552. The Morgan fingerprint density at radius 1 is 1.14 bits per heavy atom. The molecule has 144 valence electrons. The molecule has 0 aliphatic rings. The summed E-state index contributed by atoms with van der Waals surface area (Å²) >= 11 is 0. The van der Waals surface area contributed by atoms with E-state index >= 15 is 0 Å². The number of carbonyl (C=O) groups is 1. The van der Waals surface area contributed by atoms with E-state index in [0.717, 1.165) is 11.1 Å². The summed E-state index contributed by atoms with van der Waals surface area (Å²) in [7, 11) is 1.45. The number of hydrogen-bond acceptors (Lipinski definition) is 6. The Morgan fingerprint density at radius 3 is 2.57 bits per heavy atom. The number of benzene rings is 1. The molecule has 1 unspecified atom stereocenters. The number of nitrogens with two attached hydrogens (primary N) is 1. The predicted octanol–water partition coefficient (Wildman–Crippen LogP) is 1.90. The van der Waals surface area contributed by atoms with Gasteiger partial charge in [0.25, 0.3) is 0 Å². The van der Waals surface area contributed by atoms with Crippen LogP contribution in [0.4, 0.5) is 0 Å². The Bertz CT molecular complexity index is 935. The second-order valence-electron chi connectivity index (χ2n) is 6.40. The second-order valence-corrected chi connectivity index (χ2v) is 6.40. The molecule has 4 N–H and O–H groups in total. The molecule has 0 spiro atoms. The van der Waals surface area contributed by atoms with Gasteiger partial charge in [-0.3, -0.25) is 20.1 Å². The van der Waals surface area contributed by atoms with Gasteiger partial charge in [0.1, 0.15) is 5.54 Å². The van der Waals surface area contributed by atoms with E-state index in [1.54, 1.807) is 43.0 Å². The van der Waals surface area contributed by atoms with Gasteiger partial charge in [0.15, 0.2) is 11.5 Å². The van der Waals surface area contributed by atoms with E-state index in [2.05, 4.69) is 15.3 Å². The van der Waals surface area contributed by atoms with Gasteiger partial charge in [0.2, 0.25) is 5.91 Å². The molecule has 2 aromatic heterocycles. The monoisotopic (exact) mass is 378 g/mol. The normalized spacial score (nSPS) is 12.9. The van der Waals surface area contributed by atoms with Crippen molar-refractivity contribution in [1.29, 1.82) is 0 Å². The van der Waals surface area contributed by atoms with Crippen molar-refractivity contribution in [2.45, 2.75) is 18.5 Å². The number of carbonyl (C=O) groups excluding carboxylic acids is 1. The molecule has 0 fully saturated rings. The fourth-order valence-electron chi connectivity index (χ4n) is 3.09. The molecule has 3 rings (SSSR count). The molecule has 0 saturated carbocycles. The van der Waals surface area contributed by atoms with Crippen molar-refractivity contribution in [3.8, 4) is 11.5 Å². The van der Waals surface area contributed by atoms with Crippen LogP contribution in [-0.2, 0) is 23.3 Å². The number of nitrogens with one attached hydrogen (secondary N) is 1. The highest BCUT2D eigenvalue weighted by Crippen LogP contribution is 2.33. The first kappa shape index (κ1) is 19.3. The van der Waals surface area contributed by atoms with E-state index in [-0.39, 0.29) is 17.9 Å². The van der Waals surface area contributed by atoms with Gasteiger partial charge in [-0.25, -0.2) is 0 Å². The van der Waals surface area contributed by atoms with Crippen LogP contribution in [0.3, 0.4) is 0 Å². The molecular formula is C21H22N4O3. The van der Waals surface area contributed by atoms with Crippen molar-refractivity contribution in [2.75, 3.05) is 7.11 Å². The van der Waals surface area contributed by atoms with Gasteiger partial charge in [-0.15, -0.1) is 0 Å². The summed E-state index contributed by atoms with van der Waals surface area (Å²) in [6.07, 6.45) is 7.03. The van der Waals surface area contributed by atoms with Gasteiger partial charge >= 0.3 is 0 Å². The standard InChI is InChI=1S/C21H22N4O3/c1-28-19-11-17(4-5-18(19)26)21(20(22)27,12-16-3-2-8-24-13-16)25-14-15-6-9-23-10-7-15/h2-11,13,25-26H,12,14H2,1H3,(H2,22,27). The Morgan fingerprint density at radius 2 is 1.93 bits per heavy atom. The minimum Gasteiger partial charge on any atom is -0.504 e. The molecule has 1 amide bonds. The van der Waals surface area contributed by atoms with E-state index in [1.165, 1.54) is 13.2 Å². The molecule has 1 aromatic carbocycles. The number of rotatable bonds is 8. The molecule has 3 aromatic rings. The minimum atomic E-state index is -1.23. The summed E-state index contributed by atoms with van der Waals surface area (Å²) in [4.78, 5) is 20.9. The van der Waals surface area contributed by atoms with E-state index in [4.69, 9.17) is 10.5 Å². The van der Waals surface area contributed by atoms with Crippen LogP contribution < -0.4 is 15.8 Å². The molecule has 0 aliphatic heterocycles. The summed E-state index contributed by atoms with van der Waals surface area (Å²) in [5, 5.41) is 13.3. The van der Waals surface area contributed by atoms with Crippen molar-refractivity contribution in [3.63, 3.8) is 0 Å². The lowest BCUT2D eigenvalue weighted by Crippen LogP contribution is -2.54. The van der Waals surface area contributed by atoms with Crippen molar-refractivity contribution in [1.82, 2.24) is 15.3 Å². The topological polar surface area (TPSA) is 110 Å². The summed E-state index contributed by atoms with van der Waals surface area (Å²) < 4.78 is 5.22. The number of ether oxygens (including phenoxy) is 1. The molecule has 0 saturated heterocycles. The number of aromatic hydroxyl groups is 1. The van der Waals surface area contributed by atoms with Gasteiger partial charge in [-0.2, -0.15) is 0 Å². The fraction of sp³-hybridized carbons (Fsp3) is 0.190. The van der Waals surface area contributed by atoms with Crippen molar-refractivity contribution >= 4 is 5.91 Å². The van der Waals surface area contributed by atoms with Gasteiger partial charge in [-0.05, 0) is 47.0 Å². The molecular weight excluding hydrogens is 356 g/mol. The molecule has 7 heteroatoms. The van der Waals surface area contributed by atoms with Gasteiger partial charge in [0.05, 0.1) is 7.11 Å². The molecule has 1 atom stereocenters. The number of phenols is 1. The van der Waals surface area contributed by atoms with Gasteiger partial charge in [-0.1, -0.05) is 12.1 Å². The third-order valence-corrected chi connectivity index (χ3v) is 4.63. The number of phenolic OH excluding ortho intramolecular Hbond substituents is 1. The molecule has 7 nitrogen and oxygen atoms in total. The summed E-state index contributed by atoms with van der Waals surface area (Å²) in [5.41, 5.74) is 7.07. The highest BCUT2D eigenvalue weighted by Gasteiger charge is 2.39. The third-order valence-electron chi connectivity index (χ3n) is 4.63. The maximum absolute atomic E-state index is 12.8. The van der Waals surface area contributed by atoms with Crippen LogP contribution in [0.1, 0.15) is 16.7 Å². The van der Waals surface area contributed by atoms with Crippen LogP contribution in [0, 0.1) is 0 Å². The van der Waals surface area contributed by atoms with Crippen LogP contribution in [-0.4, -0.2) is 28.1 Å². The van der Waals surface area contributed by atoms with Crippen LogP contribution in [0.15, 0.2) is 67.3 Å². The zero-order valence-corrected chi connectivity index (χ0v) is 15.5. The fourth-order valence-corrected chi connectivity index (χ4v) is 3.09. The molecule has 28 heavy (non-hydrogen) atoms. The SMILES string of the molecule is COc1cc(C(Cc2cccnc2)(NCc2ccncc2)C(N)=O)ccc1O. The number of amides is 1. The number of methoxy groups -OCH3 is 1. The molecule has 0 aliphatic carbocycles. The first-order chi connectivity index (χ1) is 13.5. The number of pyridine rings is 2. The van der Waals surface area contributed by atoms with Crippen molar-refractivity contribution in [2.24, 2.45) is 5.73 Å². The van der Waals surface area contributed by atoms with E-state index in [0.29, 0.717) is 12.1 Å². The summed E-state index contributed by atoms with van der Waals surface area (Å²) in [6.45, 7) is 0.398. The Hall–Kier alpha value is -3.45. The first-order valence-electron chi connectivity index (χ1n) is 8.75. The molecule has 0 radical (unpaired) electrons. The maximum atomic E-state index is 12.8. The van der Waals surface area contributed by atoms with Gasteiger partial charge in [0, 0.05) is 37.8 Å². The third kappa shape index (κ3) is 4.10. The van der Waals surface area contributed by atoms with Gasteiger partial charge < -0.3 is 15.6 Å². The van der Waals surface area contributed by atoms with Crippen LogP contribution in [0.25, 0.3) is 0 Å². The zero-order chi connectivity index (χ0) is 20.0. The lowest BCUT2D eigenvalue weighted by molar-refractivity contribution is -0.125. The average molecular weight is 378 g/mol. The Labute approximate surface area is 163 Å². The number of aromatic nitrogens is 2. The lowest BCUT2D eigenvalue weighted by Gasteiger charge is -2.33. The van der Waals surface area contributed by atoms with Crippen LogP contribution in [0.5, 0.6) is 11.5 Å². The van der Waals surface area contributed by atoms with E-state index in [1.807, 2.05) is 18.2 Å². The maximum Gasteiger partial charge on any atom is 0.242 e. The van der Waals surface area contributed by atoms with Crippen LogP contribution >= 0.6 is 0 Å². The zero-order valence-electron chi connectivity index (χ0n) is 15.5. The predicted molar refractivity (Wildman–Crippen MR) is 105 cm³/mol. The molecule has 0 bridgehead atoms. The van der Waals surface area contributed by atoms with Crippen LogP contribution in [0.2, 0.25) is 0 Å². The Balaban J connectivity index is 2.05. The van der Waals surface area contributed by atoms with E-state index < -0.39 is 11.4 Å². The summed E-state index contributed by atoms with van der Waals surface area (Å²) in [5.74, 6) is -0.293. The second kappa shape index (κ2) is 8.49. The van der Waals surface area contributed by atoms with Crippen molar-refractivity contribution < 1.29 is 14.6 Å². The minimum absolute atomic E-state index is 0.0138. The average Bonchev–Trinajstić information content (AvgIpc) is 2.73. The highest BCUT2D eigenvalue weighted by molar-refractivity contribution is 5.87.